The molecule has 2 rings (SSSR count). The van der Waals surface area contributed by atoms with Crippen LogP contribution in [0.5, 0.6) is 0 Å². The molecule has 1 unspecified atom stereocenters. The molecule has 20 heavy (non-hydrogen) atoms. The number of aliphatic hydroxyl groups excluding tert-OH is 1. The van der Waals surface area contributed by atoms with E-state index in [0.29, 0.717) is 19.6 Å². The fraction of sp³-hybridized carbons (Fsp3) is 0.562. The van der Waals surface area contributed by atoms with Crippen LogP contribution in [0.4, 0.5) is 0 Å². The molecular formula is C16H23NO3. The van der Waals surface area contributed by atoms with Crippen LogP contribution in [0.2, 0.25) is 0 Å². The standard InChI is InChI=1S/C16H23NO3/c1-3-20-15(19)16(2)9-10-17(12-14(16)18)11-13-7-5-4-6-8-13/h4-8,14,18H,3,9-12H2,1-2H3/t14-,16?/m1/s1. The van der Waals surface area contributed by atoms with E-state index in [-0.39, 0.29) is 5.97 Å². The van der Waals surface area contributed by atoms with Crippen LogP contribution in [0.25, 0.3) is 0 Å². The van der Waals surface area contributed by atoms with Crippen molar-refractivity contribution in [2.24, 2.45) is 5.41 Å². The second kappa shape index (κ2) is 6.37. The Hall–Kier alpha value is -1.39. The molecule has 0 radical (unpaired) electrons. The van der Waals surface area contributed by atoms with Gasteiger partial charge < -0.3 is 9.84 Å². The highest BCUT2D eigenvalue weighted by Gasteiger charge is 2.45. The molecule has 0 spiro atoms. The van der Waals surface area contributed by atoms with Gasteiger partial charge in [0.1, 0.15) is 0 Å². The second-order valence-electron chi connectivity index (χ2n) is 5.62. The third-order valence-electron chi connectivity index (χ3n) is 4.10. The molecule has 1 N–H and O–H groups in total. The second-order valence-corrected chi connectivity index (χ2v) is 5.62. The predicted molar refractivity (Wildman–Crippen MR) is 77.1 cm³/mol. The quantitative estimate of drug-likeness (QED) is 0.853. The molecule has 1 aromatic rings. The lowest BCUT2D eigenvalue weighted by molar-refractivity contribution is -0.167. The van der Waals surface area contributed by atoms with Gasteiger partial charge in [-0.15, -0.1) is 0 Å². The molecule has 1 saturated heterocycles. The number of carbonyl (C=O) groups excluding carboxylic acids is 1. The van der Waals surface area contributed by atoms with Crippen LogP contribution in [-0.4, -0.2) is 41.8 Å². The van der Waals surface area contributed by atoms with Gasteiger partial charge >= 0.3 is 5.97 Å². The Balaban J connectivity index is 1.97. The van der Waals surface area contributed by atoms with Gasteiger partial charge in [-0.3, -0.25) is 9.69 Å². The third kappa shape index (κ3) is 3.19. The smallest absolute Gasteiger partial charge is 0.314 e. The van der Waals surface area contributed by atoms with Gasteiger partial charge in [-0.2, -0.15) is 0 Å². The van der Waals surface area contributed by atoms with Gasteiger partial charge in [-0.05, 0) is 32.4 Å². The number of rotatable bonds is 4. The molecule has 4 nitrogen and oxygen atoms in total. The Morgan fingerprint density at radius 2 is 2.15 bits per heavy atom. The lowest BCUT2D eigenvalue weighted by Crippen LogP contribution is -2.53. The van der Waals surface area contributed by atoms with E-state index in [2.05, 4.69) is 17.0 Å². The number of hydrogen-bond donors (Lipinski definition) is 1. The van der Waals surface area contributed by atoms with E-state index in [0.717, 1.165) is 13.1 Å². The van der Waals surface area contributed by atoms with Crippen molar-refractivity contribution in [2.45, 2.75) is 32.9 Å². The number of aliphatic hydroxyl groups is 1. The molecule has 1 heterocycles. The van der Waals surface area contributed by atoms with Crippen molar-refractivity contribution in [2.75, 3.05) is 19.7 Å². The number of nitrogens with zero attached hydrogens (tertiary/aromatic N) is 1. The van der Waals surface area contributed by atoms with Crippen LogP contribution in [-0.2, 0) is 16.1 Å². The van der Waals surface area contributed by atoms with Crippen molar-refractivity contribution in [3.05, 3.63) is 35.9 Å². The largest absolute Gasteiger partial charge is 0.465 e. The van der Waals surface area contributed by atoms with E-state index in [1.807, 2.05) is 18.2 Å². The number of hydrogen-bond acceptors (Lipinski definition) is 4. The molecule has 1 aliphatic heterocycles. The molecule has 110 valence electrons. The molecule has 0 saturated carbocycles. The van der Waals surface area contributed by atoms with E-state index >= 15 is 0 Å². The summed E-state index contributed by atoms with van der Waals surface area (Å²) in [6.45, 7) is 6.05. The summed E-state index contributed by atoms with van der Waals surface area (Å²) in [5.41, 5.74) is 0.447. The number of β-amino-alcohol motifs (C(OH)–C–C–N with tert-alkyl or cyclic N) is 1. The zero-order valence-electron chi connectivity index (χ0n) is 12.2. The zero-order valence-corrected chi connectivity index (χ0v) is 12.2. The Labute approximate surface area is 120 Å². The van der Waals surface area contributed by atoms with Gasteiger partial charge in [0.05, 0.1) is 18.1 Å². The van der Waals surface area contributed by atoms with Crippen LogP contribution < -0.4 is 0 Å². The third-order valence-corrected chi connectivity index (χ3v) is 4.10. The van der Waals surface area contributed by atoms with Gasteiger partial charge in [-0.25, -0.2) is 0 Å². The first kappa shape index (κ1) is 15.0. The normalized spacial score (nSPS) is 27.2. The maximum atomic E-state index is 12.0. The van der Waals surface area contributed by atoms with Crippen LogP contribution in [0.3, 0.4) is 0 Å². The molecule has 0 aliphatic carbocycles. The molecule has 4 heteroatoms. The predicted octanol–water partition coefficient (Wildman–Crippen LogP) is 1.82. The monoisotopic (exact) mass is 277 g/mol. The van der Waals surface area contributed by atoms with Crippen molar-refractivity contribution in [1.82, 2.24) is 4.90 Å². The van der Waals surface area contributed by atoms with E-state index in [9.17, 15) is 9.90 Å². The van der Waals surface area contributed by atoms with E-state index in [1.54, 1.807) is 13.8 Å². The number of piperidine rings is 1. The molecule has 2 atom stereocenters. The fourth-order valence-corrected chi connectivity index (χ4v) is 2.61. The summed E-state index contributed by atoms with van der Waals surface area (Å²) < 4.78 is 5.09. The Bertz CT molecular complexity index is 448. The van der Waals surface area contributed by atoms with Gasteiger partial charge in [0.2, 0.25) is 0 Å². The van der Waals surface area contributed by atoms with Gasteiger partial charge in [-0.1, -0.05) is 30.3 Å². The van der Waals surface area contributed by atoms with Gasteiger partial charge in [0.25, 0.3) is 0 Å². The highest BCUT2D eigenvalue weighted by atomic mass is 16.5. The topological polar surface area (TPSA) is 49.8 Å². The van der Waals surface area contributed by atoms with Crippen LogP contribution in [0.1, 0.15) is 25.8 Å². The molecular weight excluding hydrogens is 254 g/mol. The van der Waals surface area contributed by atoms with Crippen LogP contribution in [0, 0.1) is 5.41 Å². The number of esters is 1. The van der Waals surface area contributed by atoms with E-state index < -0.39 is 11.5 Å². The molecule has 1 fully saturated rings. The highest BCUT2D eigenvalue weighted by molar-refractivity contribution is 5.77. The summed E-state index contributed by atoms with van der Waals surface area (Å²) in [7, 11) is 0. The number of carbonyl (C=O) groups is 1. The van der Waals surface area contributed by atoms with Crippen molar-refractivity contribution < 1.29 is 14.6 Å². The maximum absolute atomic E-state index is 12.0. The Morgan fingerprint density at radius 1 is 1.45 bits per heavy atom. The van der Waals surface area contributed by atoms with Crippen molar-refractivity contribution >= 4 is 5.97 Å². The minimum atomic E-state index is -0.775. The van der Waals surface area contributed by atoms with E-state index in [4.69, 9.17) is 4.74 Å². The number of benzene rings is 1. The first-order chi connectivity index (χ1) is 9.56. The van der Waals surface area contributed by atoms with E-state index in [1.165, 1.54) is 5.56 Å². The molecule has 1 aromatic carbocycles. The van der Waals surface area contributed by atoms with Crippen molar-refractivity contribution in [3.8, 4) is 0 Å². The Kier molecular flexibility index (Phi) is 4.78. The Morgan fingerprint density at radius 3 is 2.75 bits per heavy atom. The van der Waals surface area contributed by atoms with Crippen molar-refractivity contribution in [1.29, 1.82) is 0 Å². The highest BCUT2D eigenvalue weighted by Crippen LogP contribution is 2.33. The summed E-state index contributed by atoms with van der Waals surface area (Å²) in [6.07, 6.45) is -0.0566. The SMILES string of the molecule is CCOC(=O)C1(C)CCN(Cc2ccccc2)C[C@H]1O. The molecule has 0 bridgehead atoms. The van der Waals surface area contributed by atoms with Crippen LogP contribution >= 0.6 is 0 Å². The first-order valence-electron chi connectivity index (χ1n) is 7.18. The lowest BCUT2D eigenvalue weighted by Gasteiger charge is -2.41. The average molecular weight is 277 g/mol. The first-order valence-corrected chi connectivity index (χ1v) is 7.18. The summed E-state index contributed by atoms with van der Waals surface area (Å²) in [4.78, 5) is 14.2. The van der Waals surface area contributed by atoms with Crippen LogP contribution in [0.15, 0.2) is 30.3 Å². The number of likely N-dealkylation sites (tertiary alicyclic amines) is 1. The average Bonchev–Trinajstić information content (AvgIpc) is 2.44. The number of ether oxygens (including phenoxy) is 1. The minimum absolute atomic E-state index is 0.285. The summed E-state index contributed by atoms with van der Waals surface area (Å²) in [5, 5.41) is 10.3. The lowest BCUT2D eigenvalue weighted by atomic mass is 9.78. The zero-order chi connectivity index (χ0) is 14.6. The summed E-state index contributed by atoms with van der Waals surface area (Å²) in [5.74, 6) is -0.285. The van der Waals surface area contributed by atoms with Crippen molar-refractivity contribution in [3.63, 3.8) is 0 Å². The van der Waals surface area contributed by atoms with Gasteiger partial charge in [0.15, 0.2) is 0 Å². The maximum Gasteiger partial charge on any atom is 0.314 e. The van der Waals surface area contributed by atoms with Gasteiger partial charge in [0, 0.05) is 13.1 Å². The minimum Gasteiger partial charge on any atom is -0.465 e. The summed E-state index contributed by atoms with van der Waals surface area (Å²) in [6, 6.07) is 10.2. The fourth-order valence-electron chi connectivity index (χ4n) is 2.61. The molecule has 0 amide bonds. The molecule has 1 aliphatic rings. The molecule has 0 aromatic heterocycles. The summed E-state index contributed by atoms with van der Waals surface area (Å²) >= 11 is 0.